The SMILES string of the molecule is Cn1c(=O)c2cc(C(=O)NCC3(C)CCNCC3)cnc2n(C)c1=O. The lowest BCUT2D eigenvalue weighted by molar-refractivity contribution is 0.0922. The van der Waals surface area contributed by atoms with Crippen LogP contribution in [-0.4, -0.2) is 39.7 Å². The predicted octanol–water partition coefficient (Wildman–Crippen LogP) is -0.248. The number of rotatable bonds is 3. The van der Waals surface area contributed by atoms with E-state index in [9.17, 15) is 14.4 Å². The number of hydrogen-bond donors (Lipinski definition) is 2. The maximum atomic E-state index is 12.5. The van der Waals surface area contributed by atoms with E-state index in [-0.39, 0.29) is 22.4 Å². The number of hydrogen-bond acceptors (Lipinski definition) is 5. The number of aryl methyl sites for hydroxylation is 1. The van der Waals surface area contributed by atoms with Gasteiger partial charge in [0.25, 0.3) is 11.5 Å². The highest BCUT2D eigenvalue weighted by atomic mass is 16.2. The van der Waals surface area contributed by atoms with Gasteiger partial charge in [0.05, 0.1) is 10.9 Å². The second kappa shape index (κ2) is 6.44. The second-order valence-corrected chi connectivity index (χ2v) is 7.04. The van der Waals surface area contributed by atoms with Crippen LogP contribution < -0.4 is 21.9 Å². The fourth-order valence-corrected chi connectivity index (χ4v) is 3.19. The number of amides is 1. The topological polar surface area (TPSA) is 98.0 Å². The summed E-state index contributed by atoms with van der Waals surface area (Å²) in [5.74, 6) is -0.259. The first-order chi connectivity index (χ1) is 11.8. The largest absolute Gasteiger partial charge is 0.351 e. The number of carbonyl (C=O) groups excluding carboxylic acids is 1. The zero-order chi connectivity index (χ0) is 18.2. The number of piperidine rings is 1. The van der Waals surface area contributed by atoms with E-state index >= 15 is 0 Å². The third-order valence-corrected chi connectivity index (χ3v) is 5.04. The standard InChI is InChI=1S/C17H23N5O3/c1-17(4-6-18-7-5-17)10-20-14(23)11-8-12-13(19-9-11)21(2)16(25)22(3)15(12)24/h8-9,18H,4-7,10H2,1-3H3,(H,20,23). The molecule has 1 amide bonds. The fourth-order valence-electron chi connectivity index (χ4n) is 3.19. The third kappa shape index (κ3) is 3.21. The Kier molecular flexibility index (Phi) is 4.47. The number of aromatic nitrogens is 3. The molecule has 1 saturated heterocycles. The van der Waals surface area contributed by atoms with Gasteiger partial charge in [-0.2, -0.15) is 0 Å². The highest BCUT2D eigenvalue weighted by molar-refractivity contribution is 5.96. The molecule has 1 fully saturated rings. The van der Waals surface area contributed by atoms with Crippen molar-refractivity contribution in [3.05, 3.63) is 38.7 Å². The van der Waals surface area contributed by atoms with Crippen LogP contribution in [0.3, 0.4) is 0 Å². The fraction of sp³-hybridized carbons (Fsp3) is 0.529. The van der Waals surface area contributed by atoms with Crippen molar-refractivity contribution in [2.24, 2.45) is 19.5 Å². The van der Waals surface area contributed by atoms with Gasteiger partial charge in [-0.05, 0) is 37.4 Å². The van der Waals surface area contributed by atoms with E-state index in [2.05, 4.69) is 22.5 Å². The van der Waals surface area contributed by atoms with Crippen molar-refractivity contribution in [2.45, 2.75) is 19.8 Å². The quantitative estimate of drug-likeness (QED) is 0.799. The minimum absolute atomic E-state index is 0.0746. The lowest BCUT2D eigenvalue weighted by atomic mass is 9.81. The summed E-state index contributed by atoms with van der Waals surface area (Å²) in [6, 6.07) is 1.50. The molecule has 3 heterocycles. The van der Waals surface area contributed by atoms with Gasteiger partial charge < -0.3 is 10.6 Å². The van der Waals surface area contributed by atoms with Gasteiger partial charge in [-0.15, -0.1) is 0 Å². The van der Waals surface area contributed by atoms with Crippen molar-refractivity contribution in [2.75, 3.05) is 19.6 Å². The summed E-state index contributed by atoms with van der Waals surface area (Å²) in [6.07, 6.45) is 3.42. The number of fused-ring (bicyclic) bond motifs is 1. The van der Waals surface area contributed by atoms with Gasteiger partial charge in [0.15, 0.2) is 0 Å². The Bertz CT molecular complexity index is 938. The Morgan fingerprint density at radius 3 is 2.64 bits per heavy atom. The van der Waals surface area contributed by atoms with Crippen molar-refractivity contribution in [1.82, 2.24) is 24.8 Å². The van der Waals surface area contributed by atoms with Crippen LogP contribution in [0.25, 0.3) is 11.0 Å². The van der Waals surface area contributed by atoms with Gasteiger partial charge in [0, 0.05) is 26.8 Å². The molecule has 1 aliphatic heterocycles. The van der Waals surface area contributed by atoms with E-state index in [1.807, 2.05) is 0 Å². The molecule has 25 heavy (non-hydrogen) atoms. The lowest BCUT2D eigenvalue weighted by Gasteiger charge is -2.34. The van der Waals surface area contributed by atoms with Crippen molar-refractivity contribution >= 4 is 16.9 Å². The van der Waals surface area contributed by atoms with Crippen LogP contribution in [0.1, 0.15) is 30.1 Å². The van der Waals surface area contributed by atoms with Crippen LogP contribution in [0.2, 0.25) is 0 Å². The highest BCUT2D eigenvalue weighted by Crippen LogP contribution is 2.26. The molecule has 0 aromatic carbocycles. The lowest BCUT2D eigenvalue weighted by Crippen LogP contribution is -2.43. The third-order valence-electron chi connectivity index (χ3n) is 5.04. The molecule has 2 aromatic heterocycles. The van der Waals surface area contributed by atoms with Gasteiger partial charge in [-0.3, -0.25) is 18.7 Å². The average molecular weight is 345 g/mol. The Morgan fingerprint density at radius 1 is 1.28 bits per heavy atom. The first-order valence-electron chi connectivity index (χ1n) is 8.37. The normalized spacial score (nSPS) is 16.8. The first kappa shape index (κ1) is 17.3. The highest BCUT2D eigenvalue weighted by Gasteiger charge is 2.27. The van der Waals surface area contributed by atoms with E-state index in [1.54, 1.807) is 7.05 Å². The van der Waals surface area contributed by atoms with Crippen LogP contribution >= 0.6 is 0 Å². The molecule has 2 aromatic rings. The Morgan fingerprint density at radius 2 is 1.96 bits per heavy atom. The molecule has 0 saturated carbocycles. The average Bonchev–Trinajstić information content (AvgIpc) is 2.63. The van der Waals surface area contributed by atoms with Crippen LogP contribution in [0.4, 0.5) is 0 Å². The molecule has 3 rings (SSSR count). The van der Waals surface area contributed by atoms with Gasteiger partial charge in [0.1, 0.15) is 5.65 Å². The zero-order valence-electron chi connectivity index (χ0n) is 14.8. The van der Waals surface area contributed by atoms with E-state index in [4.69, 9.17) is 0 Å². The summed E-state index contributed by atoms with van der Waals surface area (Å²) >= 11 is 0. The molecule has 134 valence electrons. The van der Waals surface area contributed by atoms with E-state index < -0.39 is 11.2 Å². The molecule has 2 N–H and O–H groups in total. The van der Waals surface area contributed by atoms with Gasteiger partial charge in [-0.1, -0.05) is 6.92 Å². The molecule has 8 nitrogen and oxygen atoms in total. The first-order valence-corrected chi connectivity index (χ1v) is 8.37. The van der Waals surface area contributed by atoms with Crippen LogP contribution in [0.5, 0.6) is 0 Å². The van der Waals surface area contributed by atoms with E-state index in [0.29, 0.717) is 12.1 Å². The Hall–Kier alpha value is -2.48. The second-order valence-electron chi connectivity index (χ2n) is 7.04. The Balaban J connectivity index is 1.87. The summed E-state index contributed by atoms with van der Waals surface area (Å²) in [6.45, 7) is 4.65. The molecule has 0 atom stereocenters. The van der Waals surface area contributed by atoms with Crippen molar-refractivity contribution in [1.29, 1.82) is 0 Å². The molecule has 8 heteroatoms. The molecule has 0 unspecified atom stereocenters. The van der Waals surface area contributed by atoms with E-state index in [1.165, 1.54) is 23.9 Å². The molecule has 0 bridgehead atoms. The molecular formula is C17H23N5O3. The Labute approximate surface area is 144 Å². The van der Waals surface area contributed by atoms with Crippen molar-refractivity contribution in [3.8, 4) is 0 Å². The summed E-state index contributed by atoms with van der Waals surface area (Å²) < 4.78 is 2.32. The molecular weight excluding hydrogens is 322 g/mol. The summed E-state index contributed by atoms with van der Waals surface area (Å²) in [7, 11) is 2.96. The molecule has 0 aliphatic carbocycles. The van der Waals surface area contributed by atoms with Gasteiger partial charge in [0.2, 0.25) is 0 Å². The number of carbonyl (C=O) groups is 1. The maximum Gasteiger partial charge on any atom is 0.332 e. The number of nitrogens with zero attached hydrogens (tertiary/aromatic N) is 3. The monoisotopic (exact) mass is 345 g/mol. The van der Waals surface area contributed by atoms with E-state index in [0.717, 1.165) is 30.5 Å². The van der Waals surface area contributed by atoms with Crippen molar-refractivity contribution < 1.29 is 4.79 Å². The summed E-state index contributed by atoms with van der Waals surface area (Å²) in [5, 5.41) is 6.52. The smallest absolute Gasteiger partial charge is 0.332 e. The summed E-state index contributed by atoms with van der Waals surface area (Å²) in [5.41, 5.74) is -0.229. The predicted molar refractivity (Wildman–Crippen MR) is 94.8 cm³/mol. The minimum Gasteiger partial charge on any atom is -0.351 e. The van der Waals surface area contributed by atoms with Crippen LogP contribution in [-0.2, 0) is 14.1 Å². The zero-order valence-corrected chi connectivity index (χ0v) is 14.8. The van der Waals surface area contributed by atoms with Gasteiger partial charge >= 0.3 is 5.69 Å². The van der Waals surface area contributed by atoms with Gasteiger partial charge in [-0.25, -0.2) is 9.78 Å². The van der Waals surface area contributed by atoms with Crippen molar-refractivity contribution in [3.63, 3.8) is 0 Å². The maximum absolute atomic E-state index is 12.5. The minimum atomic E-state index is -0.453. The van der Waals surface area contributed by atoms with Crippen LogP contribution in [0, 0.1) is 5.41 Å². The molecule has 1 aliphatic rings. The number of pyridine rings is 1. The summed E-state index contributed by atoms with van der Waals surface area (Å²) in [4.78, 5) is 40.9. The molecule has 0 radical (unpaired) electrons. The van der Waals surface area contributed by atoms with Crippen LogP contribution in [0.15, 0.2) is 21.9 Å². The number of nitrogens with one attached hydrogen (secondary N) is 2. The molecule has 0 spiro atoms.